The first-order chi connectivity index (χ1) is 11.1. The molecule has 0 fully saturated rings. The van der Waals surface area contributed by atoms with Gasteiger partial charge in [-0.25, -0.2) is 13.8 Å². The molecule has 0 aliphatic heterocycles. The van der Waals surface area contributed by atoms with Crippen LogP contribution >= 0.6 is 0 Å². The van der Waals surface area contributed by atoms with E-state index in [0.717, 1.165) is 6.20 Å². The molecule has 7 heteroatoms. The smallest absolute Gasteiger partial charge is 0.300 e. The number of halogens is 2. The van der Waals surface area contributed by atoms with Gasteiger partial charge in [-0.15, -0.1) is 0 Å². The highest BCUT2D eigenvalue weighted by Gasteiger charge is 2.28. The molecule has 1 N–H and O–H groups in total. The van der Waals surface area contributed by atoms with Crippen molar-refractivity contribution in [2.45, 2.75) is 6.43 Å². The van der Waals surface area contributed by atoms with Gasteiger partial charge in [0.1, 0.15) is 0 Å². The highest BCUT2D eigenvalue weighted by molar-refractivity contribution is 6.27. The van der Waals surface area contributed by atoms with E-state index in [9.17, 15) is 18.7 Å². The topological polar surface area (TPSA) is 76.2 Å². The molecule has 116 valence electrons. The van der Waals surface area contributed by atoms with Gasteiger partial charge in [0, 0.05) is 0 Å². The van der Waals surface area contributed by atoms with Crippen molar-refractivity contribution < 1.29 is 23.1 Å². The van der Waals surface area contributed by atoms with E-state index < -0.39 is 23.5 Å². The maximum absolute atomic E-state index is 12.9. The molecule has 0 atom stereocenters. The lowest BCUT2D eigenvalue weighted by Crippen LogP contribution is -2.15. The number of carbonyl (C=O) groups excluding carboxylic acids is 1. The zero-order chi connectivity index (χ0) is 16.4. The molecule has 0 aliphatic carbocycles. The van der Waals surface area contributed by atoms with Crippen molar-refractivity contribution in [3.63, 3.8) is 0 Å². The van der Waals surface area contributed by atoms with E-state index in [1.165, 1.54) is 18.4 Å². The third kappa shape index (κ3) is 2.80. The minimum absolute atomic E-state index is 0.107. The van der Waals surface area contributed by atoms with E-state index in [4.69, 9.17) is 4.42 Å². The van der Waals surface area contributed by atoms with Crippen molar-refractivity contribution in [1.82, 2.24) is 9.97 Å². The second-order valence-corrected chi connectivity index (χ2v) is 4.61. The second kappa shape index (κ2) is 5.96. The van der Waals surface area contributed by atoms with Crippen LogP contribution in [0.25, 0.3) is 22.4 Å². The normalized spacial score (nSPS) is 12.5. The summed E-state index contributed by atoms with van der Waals surface area (Å²) >= 11 is 0. The summed E-state index contributed by atoms with van der Waals surface area (Å²) in [7, 11) is 0. The first-order valence-electron chi connectivity index (χ1n) is 6.59. The molecule has 0 saturated heterocycles. The molecule has 1 aromatic carbocycles. The SMILES string of the molecule is O=C(/C(=C(\O)c1ccco1)c1cnc2ccccc2n1)C(F)F. The second-order valence-electron chi connectivity index (χ2n) is 4.61. The number of aromatic nitrogens is 2. The van der Waals surface area contributed by atoms with Crippen LogP contribution in [0.4, 0.5) is 8.78 Å². The molecule has 2 aromatic heterocycles. The van der Waals surface area contributed by atoms with Gasteiger partial charge in [0.15, 0.2) is 11.5 Å². The minimum atomic E-state index is -3.30. The van der Waals surface area contributed by atoms with Crippen LogP contribution in [0.2, 0.25) is 0 Å². The molecule has 2 heterocycles. The van der Waals surface area contributed by atoms with Gasteiger partial charge in [-0.3, -0.25) is 9.78 Å². The molecule has 0 unspecified atom stereocenters. The first-order valence-corrected chi connectivity index (χ1v) is 6.59. The molecule has 0 radical (unpaired) electrons. The highest BCUT2D eigenvalue weighted by Crippen LogP contribution is 2.27. The van der Waals surface area contributed by atoms with Crippen molar-refractivity contribution in [2.24, 2.45) is 0 Å². The number of allylic oxidation sites excluding steroid dienone is 1. The third-order valence-electron chi connectivity index (χ3n) is 3.14. The summed E-state index contributed by atoms with van der Waals surface area (Å²) in [6.45, 7) is 0. The molecule has 0 aliphatic rings. The van der Waals surface area contributed by atoms with Gasteiger partial charge < -0.3 is 9.52 Å². The Hall–Kier alpha value is -3.09. The van der Waals surface area contributed by atoms with Gasteiger partial charge in [0.05, 0.1) is 34.8 Å². The van der Waals surface area contributed by atoms with Gasteiger partial charge >= 0.3 is 6.43 Å². The molecule has 23 heavy (non-hydrogen) atoms. The predicted molar refractivity (Wildman–Crippen MR) is 78.7 cm³/mol. The number of para-hydroxylation sites is 2. The van der Waals surface area contributed by atoms with Crippen molar-refractivity contribution in [3.05, 3.63) is 60.3 Å². The Labute approximate surface area is 128 Å². The van der Waals surface area contributed by atoms with E-state index >= 15 is 0 Å². The van der Waals surface area contributed by atoms with Crippen LogP contribution in [0.3, 0.4) is 0 Å². The van der Waals surface area contributed by atoms with Gasteiger partial charge in [-0.05, 0) is 24.3 Å². The molecule has 0 amide bonds. The van der Waals surface area contributed by atoms with Crippen LogP contribution < -0.4 is 0 Å². The quantitative estimate of drug-likeness (QED) is 0.589. The van der Waals surface area contributed by atoms with Crippen LogP contribution in [0.1, 0.15) is 11.5 Å². The van der Waals surface area contributed by atoms with Crippen LogP contribution in [-0.4, -0.2) is 27.3 Å². The Morgan fingerprint density at radius 2 is 1.87 bits per heavy atom. The fraction of sp³-hybridized carbons (Fsp3) is 0.0625. The Balaban J connectivity index is 2.21. The van der Waals surface area contributed by atoms with Gasteiger partial charge in [0.25, 0.3) is 0 Å². The van der Waals surface area contributed by atoms with Crippen molar-refractivity contribution in [3.8, 4) is 0 Å². The zero-order valence-electron chi connectivity index (χ0n) is 11.6. The monoisotopic (exact) mass is 316 g/mol. The lowest BCUT2D eigenvalue weighted by Gasteiger charge is -2.08. The number of Topliss-reactive ketones (excluding diaryl/α,β-unsaturated/α-hetero) is 1. The summed E-state index contributed by atoms with van der Waals surface area (Å²) in [6.07, 6.45) is -0.880. The first kappa shape index (κ1) is 14.8. The number of ketones is 1. The Morgan fingerprint density at radius 3 is 2.52 bits per heavy atom. The van der Waals surface area contributed by atoms with Crippen LogP contribution in [0.5, 0.6) is 0 Å². The average molecular weight is 316 g/mol. The molecule has 0 bridgehead atoms. The largest absolute Gasteiger partial charge is 0.504 e. The summed E-state index contributed by atoms with van der Waals surface area (Å²) in [5, 5.41) is 10.2. The average Bonchev–Trinajstić information content (AvgIpc) is 3.09. The Morgan fingerprint density at radius 1 is 1.13 bits per heavy atom. The standard InChI is InChI=1S/C16H10F2N2O3/c17-16(18)15(22)13(14(21)12-6-3-7-23-12)11-8-19-9-4-1-2-5-10(9)20-11/h1-8,16,21H/b14-13-. The number of rotatable bonds is 4. The van der Waals surface area contributed by atoms with Gasteiger partial charge in [0.2, 0.25) is 5.78 Å². The van der Waals surface area contributed by atoms with Crippen molar-refractivity contribution in [2.75, 3.05) is 0 Å². The van der Waals surface area contributed by atoms with Crippen LogP contribution in [0.15, 0.2) is 53.3 Å². The Kier molecular flexibility index (Phi) is 3.84. The number of furan rings is 1. The van der Waals surface area contributed by atoms with Gasteiger partial charge in [-0.2, -0.15) is 0 Å². The summed E-state index contributed by atoms with van der Waals surface area (Å²) < 4.78 is 30.8. The fourth-order valence-corrected chi connectivity index (χ4v) is 2.09. The van der Waals surface area contributed by atoms with Crippen molar-refractivity contribution >= 4 is 28.1 Å². The molecule has 0 saturated carbocycles. The summed E-state index contributed by atoms with van der Waals surface area (Å²) in [5.41, 5.74) is 0.172. The number of nitrogens with zero attached hydrogens (tertiary/aromatic N) is 2. The number of alkyl halides is 2. The van der Waals surface area contributed by atoms with E-state index in [2.05, 4.69) is 9.97 Å². The number of aliphatic hydroxyl groups is 1. The molecular formula is C16H10F2N2O3. The zero-order valence-corrected chi connectivity index (χ0v) is 11.6. The lowest BCUT2D eigenvalue weighted by molar-refractivity contribution is -0.123. The number of carbonyl (C=O) groups is 1. The molecule has 3 aromatic rings. The maximum Gasteiger partial charge on any atom is 0.300 e. The molecule has 3 rings (SSSR count). The lowest BCUT2D eigenvalue weighted by atomic mass is 10.1. The number of benzene rings is 1. The summed E-state index contributed by atoms with van der Waals surface area (Å²) in [4.78, 5) is 20.0. The predicted octanol–water partition coefficient (Wildman–Crippen LogP) is 3.48. The molecular weight excluding hydrogens is 306 g/mol. The Bertz CT molecular complexity index is 889. The number of aliphatic hydroxyl groups excluding tert-OH is 1. The number of fused-ring (bicyclic) bond motifs is 1. The van der Waals surface area contributed by atoms with E-state index in [-0.39, 0.29) is 11.5 Å². The summed E-state index contributed by atoms with van der Waals surface area (Å²) in [6, 6.07) is 9.57. The minimum Gasteiger partial charge on any atom is -0.504 e. The fourth-order valence-electron chi connectivity index (χ4n) is 2.09. The molecule has 0 spiro atoms. The number of hydrogen-bond acceptors (Lipinski definition) is 5. The van der Waals surface area contributed by atoms with Crippen LogP contribution in [-0.2, 0) is 4.79 Å². The third-order valence-corrected chi connectivity index (χ3v) is 3.14. The van der Waals surface area contributed by atoms with Gasteiger partial charge in [-0.1, -0.05) is 12.1 Å². The van der Waals surface area contributed by atoms with Crippen LogP contribution in [0, 0.1) is 0 Å². The molecule has 5 nitrogen and oxygen atoms in total. The summed E-state index contributed by atoms with van der Waals surface area (Å²) in [5.74, 6) is -2.36. The van der Waals surface area contributed by atoms with E-state index in [1.807, 2.05) is 0 Å². The van der Waals surface area contributed by atoms with E-state index in [0.29, 0.717) is 11.0 Å². The highest BCUT2D eigenvalue weighted by atomic mass is 19.3. The van der Waals surface area contributed by atoms with Crippen molar-refractivity contribution in [1.29, 1.82) is 0 Å². The number of hydrogen-bond donors (Lipinski definition) is 1. The maximum atomic E-state index is 12.9. The van der Waals surface area contributed by atoms with E-state index in [1.54, 1.807) is 24.3 Å².